The van der Waals surface area contributed by atoms with Crippen molar-refractivity contribution in [1.82, 2.24) is 19.9 Å². The summed E-state index contributed by atoms with van der Waals surface area (Å²) in [6, 6.07) is 14.1. The van der Waals surface area contributed by atoms with Gasteiger partial charge in [0, 0.05) is 55.1 Å². The molecular weight excluding hydrogens is 312 g/mol. The van der Waals surface area contributed by atoms with Crippen LogP contribution >= 0.6 is 0 Å². The van der Waals surface area contributed by atoms with Crippen molar-refractivity contribution in [3.63, 3.8) is 0 Å². The molecule has 0 aliphatic carbocycles. The minimum absolute atomic E-state index is 0.698. The Labute approximate surface area is 147 Å². The molecule has 0 spiro atoms. The summed E-state index contributed by atoms with van der Waals surface area (Å²) < 4.78 is 5.36. The maximum atomic E-state index is 5.36. The van der Waals surface area contributed by atoms with E-state index in [9.17, 15) is 0 Å². The predicted octanol–water partition coefficient (Wildman–Crippen LogP) is 3.11. The molecule has 2 aromatic heterocycles. The van der Waals surface area contributed by atoms with Crippen molar-refractivity contribution < 1.29 is 4.74 Å². The van der Waals surface area contributed by atoms with Gasteiger partial charge >= 0.3 is 0 Å². The fourth-order valence-electron chi connectivity index (χ4n) is 3.21. The largest absolute Gasteiger partial charge is 0.481 e. The van der Waals surface area contributed by atoms with Gasteiger partial charge in [-0.25, -0.2) is 15.0 Å². The third-order valence-electron chi connectivity index (χ3n) is 4.48. The summed E-state index contributed by atoms with van der Waals surface area (Å²) in [4.78, 5) is 16.0. The van der Waals surface area contributed by atoms with Gasteiger partial charge in [0.15, 0.2) is 5.82 Å². The lowest BCUT2D eigenvalue weighted by Crippen LogP contribution is -2.31. The van der Waals surface area contributed by atoms with Gasteiger partial charge in [0.25, 0.3) is 0 Å². The quantitative estimate of drug-likeness (QED) is 0.735. The molecule has 0 unspecified atom stereocenters. The number of ether oxygens (including phenoxy) is 1. The normalized spacial score (nSPS) is 14.1. The fourth-order valence-corrected chi connectivity index (χ4v) is 3.21. The minimum Gasteiger partial charge on any atom is -0.481 e. The zero-order valence-corrected chi connectivity index (χ0v) is 14.2. The molecule has 0 amide bonds. The zero-order valence-electron chi connectivity index (χ0n) is 14.2. The van der Waals surface area contributed by atoms with Crippen molar-refractivity contribution in [1.29, 1.82) is 0 Å². The Bertz CT molecular complexity index is 867. The van der Waals surface area contributed by atoms with Crippen molar-refractivity contribution in [3.8, 4) is 17.3 Å². The Kier molecular flexibility index (Phi) is 4.39. The molecule has 0 saturated heterocycles. The van der Waals surface area contributed by atoms with Crippen molar-refractivity contribution >= 4 is 0 Å². The molecular formula is C20H20N4O. The average molecular weight is 332 g/mol. The van der Waals surface area contributed by atoms with E-state index in [1.54, 1.807) is 13.3 Å². The van der Waals surface area contributed by atoms with Crippen molar-refractivity contribution in [3.05, 3.63) is 71.7 Å². The van der Waals surface area contributed by atoms with Crippen LogP contribution in [-0.2, 0) is 19.5 Å². The van der Waals surface area contributed by atoms with Gasteiger partial charge in [0.1, 0.15) is 0 Å². The molecule has 0 N–H and O–H groups in total. The van der Waals surface area contributed by atoms with E-state index in [2.05, 4.69) is 20.9 Å². The second kappa shape index (κ2) is 6.99. The van der Waals surface area contributed by atoms with E-state index < -0.39 is 0 Å². The Morgan fingerprint density at radius 1 is 1.08 bits per heavy atom. The highest BCUT2D eigenvalue weighted by Gasteiger charge is 2.20. The molecule has 3 heterocycles. The second-order valence-electron chi connectivity index (χ2n) is 6.16. The number of hydrogen-bond acceptors (Lipinski definition) is 5. The van der Waals surface area contributed by atoms with Crippen LogP contribution in [0.1, 0.15) is 16.8 Å². The molecule has 0 bridgehead atoms. The summed E-state index contributed by atoms with van der Waals surface area (Å²) in [5.74, 6) is 1.51. The highest BCUT2D eigenvalue weighted by molar-refractivity contribution is 5.54. The molecule has 5 nitrogen and oxygen atoms in total. The van der Waals surface area contributed by atoms with Crippen LogP contribution in [0.3, 0.4) is 0 Å². The summed E-state index contributed by atoms with van der Waals surface area (Å²) in [6.45, 7) is 2.63. The van der Waals surface area contributed by atoms with E-state index in [0.29, 0.717) is 5.88 Å². The molecule has 5 heteroatoms. The fraction of sp³-hybridized carbons (Fsp3) is 0.250. The molecule has 1 aliphatic rings. The molecule has 0 saturated carbocycles. The van der Waals surface area contributed by atoms with Gasteiger partial charge in [-0.3, -0.25) is 4.90 Å². The summed E-state index contributed by atoms with van der Waals surface area (Å²) in [6.07, 6.45) is 4.66. The van der Waals surface area contributed by atoms with Gasteiger partial charge < -0.3 is 4.74 Å². The summed E-state index contributed by atoms with van der Waals surface area (Å²) >= 11 is 0. The van der Waals surface area contributed by atoms with Crippen LogP contribution in [0.2, 0.25) is 0 Å². The van der Waals surface area contributed by atoms with Crippen LogP contribution in [0.25, 0.3) is 11.4 Å². The van der Waals surface area contributed by atoms with Gasteiger partial charge in [-0.15, -0.1) is 0 Å². The van der Waals surface area contributed by atoms with E-state index in [-0.39, 0.29) is 0 Å². The molecule has 1 aromatic carbocycles. The minimum atomic E-state index is 0.698. The van der Waals surface area contributed by atoms with Crippen LogP contribution in [0.4, 0.5) is 0 Å². The summed E-state index contributed by atoms with van der Waals surface area (Å²) in [7, 11) is 1.66. The molecule has 4 rings (SSSR count). The third kappa shape index (κ3) is 3.37. The lowest BCUT2D eigenvalue weighted by molar-refractivity contribution is 0.238. The number of rotatable bonds is 4. The van der Waals surface area contributed by atoms with E-state index in [0.717, 1.165) is 48.7 Å². The van der Waals surface area contributed by atoms with E-state index in [4.69, 9.17) is 9.72 Å². The number of aromatic nitrogens is 3. The first-order valence-electron chi connectivity index (χ1n) is 8.44. The van der Waals surface area contributed by atoms with Crippen LogP contribution in [0, 0.1) is 0 Å². The van der Waals surface area contributed by atoms with Gasteiger partial charge in [-0.2, -0.15) is 0 Å². The number of fused-ring (bicyclic) bond motifs is 1. The zero-order chi connectivity index (χ0) is 17.1. The van der Waals surface area contributed by atoms with Gasteiger partial charge in [0.05, 0.1) is 12.8 Å². The highest BCUT2D eigenvalue weighted by Crippen LogP contribution is 2.23. The molecule has 0 fully saturated rings. The first-order valence-corrected chi connectivity index (χ1v) is 8.44. The second-order valence-corrected chi connectivity index (χ2v) is 6.16. The van der Waals surface area contributed by atoms with Crippen molar-refractivity contribution in [2.75, 3.05) is 13.7 Å². The lowest BCUT2D eigenvalue weighted by atomic mass is 10.1. The molecule has 126 valence electrons. The van der Waals surface area contributed by atoms with E-state index in [1.165, 1.54) is 5.56 Å². The first kappa shape index (κ1) is 15.7. The molecule has 1 aliphatic heterocycles. The Balaban J connectivity index is 1.52. The average Bonchev–Trinajstić information content (AvgIpc) is 2.68. The van der Waals surface area contributed by atoms with Gasteiger partial charge in [-0.05, 0) is 6.07 Å². The maximum Gasteiger partial charge on any atom is 0.217 e. The number of pyridine rings is 1. The Morgan fingerprint density at radius 3 is 2.80 bits per heavy atom. The number of benzene rings is 1. The predicted molar refractivity (Wildman–Crippen MR) is 96.1 cm³/mol. The number of nitrogens with zero attached hydrogens (tertiary/aromatic N) is 4. The van der Waals surface area contributed by atoms with E-state index in [1.807, 2.05) is 42.6 Å². The topological polar surface area (TPSA) is 51.1 Å². The maximum absolute atomic E-state index is 5.36. The Morgan fingerprint density at radius 2 is 1.96 bits per heavy atom. The van der Waals surface area contributed by atoms with Gasteiger partial charge in [0.2, 0.25) is 5.88 Å². The lowest BCUT2D eigenvalue weighted by Gasteiger charge is -2.28. The summed E-state index contributed by atoms with van der Waals surface area (Å²) in [5, 5.41) is 0. The SMILES string of the molecule is COc1ncccc1CN1CCc2nc(-c3ccccc3)ncc2C1. The van der Waals surface area contributed by atoms with Crippen LogP contribution < -0.4 is 4.74 Å². The van der Waals surface area contributed by atoms with E-state index >= 15 is 0 Å². The summed E-state index contributed by atoms with van der Waals surface area (Å²) in [5.41, 5.74) is 4.53. The van der Waals surface area contributed by atoms with Crippen LogP contribution in [0.5, 0.6) is 5.88 Å². The monoisotopic (exact) mass is 332 g/mol. The molecule has 3 aromatic rings. The highest BCUT2D eigenvalue weighted by atomic mass is 16.5. The van der Waals surface area contributed by atoms with Crippen molar-refractivity contribution in [2.24, 2.45) is 0 Å². The van der Waals surface area contributed by atoms with Gasteiger partial charge in [-0.1, -0.05) is 36.4 Å². The first-order chi connectivity index (χ1) is 12.3. The standard InChI is InChI=1S/C20H20N4O/c1-25-20-16(8-5-10-21-20)13-24-11-9-18-17(14-24)12-22-19(23-18)15-6-3-2-4-7-15/h2-8,10,12H,9,11,13-14H2,1H3. The van der Waals surface area contributed by atoms with Crippen molar-refractivity contribution in [2.45, 2.75) is 19.5 Å². The molecule has 0 atom stereocenters. The van der Waals surface area contributed by atoms with Crippen LogP contribution in [-0.4, -0.2) is 33.5 Å². The van der Waals surface area contributed by atoms with Crippen LogP contribution in [0.15, 0.2) is 54.9 Å². The Hall–Kier alpha value is -2.79. The smallest absolute Gasteiger partial charge is 0.217 e. The molecule has 25 heavy (non-hydrogen) atoms. The number of methoxy groups -OCH3 is 1. The number of hydrogen-bond donors (Lipinski definition) is 0. The molecule has 0 radical (unpaired) electrons. The third-order valence-corrected chi connectivity index (χ3v) is 4.48.